The number of nitrogens with one attached hydrogen (secondary N) is 2. The summed E-state index contributed by atoms with van der Waals surface area (Å²) in [6, 6.07) is 20.7. The Morgan fingerprint density at radius 1 is 1.03 bits per heavy atom. The van der Waals surface area contributed by atoms with E-state index >= 15 is 0 Å². The first-order valence-corrected chi connectivity index (χ1v) is 11.5. The van der Waals surface area contributed by atoms with Gasteiger partial charge in [0.2, 0.25) is 0 Å². The molecule has 5 rings (SSSR count). The second-order valence-electron chi connectivity index (χ2n) is 8.58. The first-order chi connectivity index (χ1) is 17.5. The zero-order valence-corrected chi connectivity index (χ0v) is 19.5. The fraction of sp³-hybridized carbons (Fsp3) is 0.222. The molecule has 2 atom stereocenters. The molecule has 9 nitrogen and oxygen atoms in total. The summed E-state index contributed by atoms with van der Waals surface area (Å²) in [6.45, 7) is -0.0924. The maximum absolute atomic E-state index is 12.4. The molecule has 0 radical (unpaired) electrons. The minimum atomic E-state index is -1.35. The van der Waals surface area contributed by atoms with Crippen molar-refractivity contribution in [2.24, 2.45) is 0 Å². The van der Waals surface area contributed by atoms with E-state index in [1.807, 2.05) is 36.4 Å². The highest BCUT2D eigenvalue weighted by molar-refractivity contribution is 5.94. The number of aliphatic hydroxyl groups is 2. The van der Waals surface area contributed by atoms with Crippen molar-refractivity contribution in [2.45, 2.75) is 18.1 Å². The number of aliphatic hydroxyl groups excluding tert-OH is 2. The number of aromatic amines is 1. The molecule has 1 amide bonds. The van der Waals surface area contributed by atoms with Crippen LogP contribution >= 0.6 is 0 Å². The SMILES string of the molecule is COC(=O)c1ccc2c(C(O)C(O)CNC(=O)OCC3c4ccccc4-c4ccccc43)[nH]nc2c1. The van der Waals surface area contributed by atoms with E-state index < -0.39 is 24.3 Å². The van der Waals surface area contributed by atoms with Gasteiger partial charge in [-0.15, -0.1) is 0 Å². The molecule has 1 aliphatic rings. The van der Waals surface area contributed by atoms with Crippen molar-refractivity contribution in [3.63, 3.8) is 0 Å². The molecule has 1 heterocycles. The van der Waals surface area contributed by atoms with Crippen LogP contribution in [0.3, 0.4) is 0 Å². The lowest BCUT2D eigenvalue weighted by atomic mass is 9.98. The van der Waals surface area contributed by atoms with Crippen molar-refractivity contribution in [2.75, 3.05) is 20.3 Å². The molecule has 0 bridgehead atoms. The first kappa shape index (κ1) is 23.5. The minimum absolute atomic E-state index is 0.0788. The summed E-state index contributed by atoms with van der Waals surface area (Å²) in [6.07, 6.45) is -3.37. The number of carbonyl (C=O) groups is 2. The van der Waals surface area contributed by atoms with E-state index in [1.54, 1.807) is 12.1 Å². The number of H-pyrrole nitrogens is 1. The van der Waals surface area contributed by atoms with Crippen LogP contribution in [0.15, 0.2) is 66.7 Å². The molecule has 184 valence electrons. The molecule has 0 fully saturated rings. The number of rotatable bonds is 7. The Hall–Kier alpha value is -4.21. The van der Waals surface area contributed by atoms with Gasteiger partial charge in [-0.05, 0) is 40.5 Å². The van der Waals surface area contributed by atoms with Crippen molar-refractivity contribution >= 4 is 23.0 Å². The Morgan fingerprint density at radius 3 is 2.36 bits per heavy atom. The van der Waals surface area contributed by atoms with Crippen molar-refractivity contribution in [1.29, 1.82) is 0 Å². The summed E-state index contributed by atoms with van der Waals surface area (Å²) in [5.41, 5.74) is 5.48. The largest absolute Gasteiger partial charge is 0.465 e. The highest BCUT2D eigenvalue weighted by Crippen LogP contribution is 2.44. The quantitative estimate of drug-likeness (QED) is 0.294. The number of nitrogens with zero attached hydrogens (tertiary/aromatic N) is 1. The summed E-state index contributed by atoms with van der Waals surface area (Å²) < 4.78 is 10.2. The summed E-state index contributed by atoms with van der Waals surface area (Å²) in [5.74, 6) is -0.584. The van der Waals surface area contributed by atoms with Crippen LogP contribution in [0.5, 0.6) is 0 Å². The third-order valence-electron chi connectivity index (χ3n) is 6.47. The number of alkyl carbamates (subject to hydrolysis) is 1. The van der Waals surface area contributed by atoms with E-state index in [4.69, 9.17) is 9.47 Å². The van der Waals surface area contributed by atoms with Gasteiger partial charge < -0.3 is 25.0 Å². The predicted molar refractivity (Wildman–Crippen MR) is 131 cm³/mol. The molecular weight excluding hydrogens is 462 g/mol. The van der Waals surface area contributed by atoms with Gasteiger partial charge in [0.25, 0.3) is 0 Å². The standard InChI is InChI=1S/C27H25N3O6/c1-35-26(33)15-10-11-20-22(12-15)29-30-24(20)25(32)23(31)13-28-27(34)36-14-21-18-8-4-2-6-16(18)17-7-3-5-9-19(17)21/h2-12,21,23,25,31-32H,13-14H2,1H3,(H,28,34)(H,29,30). The van der Waals surface area contributed by atoms with E-state index in [9.17, 15) is 19.8 Å². The summed E-state index contributed by atoms with van der Waals surface area (Å²) >= 11 is 0. The van der Waals surface area contributed by atoms with Crippen molar-refractivity contribution in [1.82, 2.24) is 15.5 Å². The van der Waals surface area contributed by atoms with Crippen molar-refractivity contribution in [3.05, 3.63) is 89.1 Å². The lowest BCUT2D eigenvalue weighted by Crippen LogP contribution is -2.36. The fourth-order valence-corrected chi connectivity index (χ4v) is 4.64. The molecular formula is C27H25N3O6. The van der Waals surface area contributed by atoms with Gasteiger partial charge in [0.15, 0.2) is 0 Å². The van der Waals surface area contributed by atoms with Gasteiger partial charge in [-0.1, -0.05) is 48.5 Å². The van der Waals surface area contributed by atoms with Gasteiger partial charge in [0.1, 0.15) is 18.8 Å². The number of methoxy groups -OCH3 is 1. The lowest BCUT2D eigenvalue weighted by molar-refractivity contribution is 0.0168. The molecule has 3 aromatic carbocycles. The first-order valence-electron chi connectivity index (χ1n) is 11.5. The van der Waals surface area contributed by atoms with Crippen LogP contribution in [0.4, 0.5) is 4.79 Å². The Kier molecular flexibility index (Phi) is 6.41. The Labute approximate surface area is 206 Å². The van der Waals surface area contributed by atoms with Crippen LogP contribution in [0, 0.1) is 0 Å². The van der Waals surface area contributed by atoms with Gasteiger partial charge in [-0.25, -0.2) is 9.59 Å². The van der Waals surface area contributed by atoms with E-state index in [0.29, 0.717) is 16.5 Å². The second kappa shape index (κ2) is 9.80. The van der Waals surface area contributed by atoms with Crippen LogP contribution in [-0.2, 0) is 9.47 Å². The molecule has 4 aromatic rings. The van der Waals surface area contributed by atoms with Crippen molar-refractivity contribution < 1.29 is 29.3 Å². The maximum atomic E-state index is 12.4. The fourth-order valence-electron chi connectivity index (χ4n) is 4.64. The third kappa shape index (κ3) is 4.30. The van der Waals surface area contributed by atoms with Gasteiger partial charge in [0, 0.05) is 17.8 Å². The van der Waals surface area contributed by atoms with Crippen LogP contribution in [-0.4, -0.2) is 58.8 Å². The highest BCUT2D eigenvalue weighted by Gasteiger charge is 2.29. The number of benzene rings is 3. The minimum Gasteiger partial charge on any atom is -0.465 e. The molecule has 0 saturated carbocycles. The number of fused-ring (bicyclic) bond motifs is 4. The topological polar surface area (TPSA) is 134 Å². The Morgan fingerprint density at radius 2 is 1.69 bits per heavy atom. The molecule has 1 aliphatic carbocycles. The van der Waals surface area contributed by atoms with E-state index in [0.717, 1.165) is 22.3 Å². The zero-order chi connectivity index (χ0) is 25.2. The van der Waals surface area contributed by atoms with E-state index in [-0.39, 0.29) is 24.8 Å². The summed E-state index contributed by atoms with van der Waals surface area (Å²) in [5, 5.41) is 30.9. The molecule has 0 aliphatic heterocycles. The molecule has 36 heavy (non-hydrogen) atoms. The van der Waals surface area contributed by atoms with Crippen LogP contribution in [0.2, 0.25) is 0 Å². The molecule has 9 heteroatoms. The molecule has 0 spiro atoms. The van der Waals surface area contributed by atoms with Crippen LogP contribution < -0.4 is 5.32 Å². The molecule has 1 aromatic heterocycles. The van der Waals surface area contributed by atoms with Gasteiger partial charge in [-0.2, -0.15) is 5.10 Å². The van der Waals surface area contributed by atoms with Crippen LogP contribution in [0.1, 0.15) is 39.2 Å². The normalized spacial score (nSPS) is 14.1. The molecule has 0 saturated heterocycles. The number of hydrogen-bond acceptors (Lipinski definition) is 7. The summed E-state index contributed by atoms with van der Waals surface area (Å²) in [7, 11) is 1.28. The van der Waals surface area contributed by atoms with E-state index in [2.05, 4.69) is 27.6 Å². The molecule has 2 unspecified atom stereocenters. The van der Waals surface area contributed by atoms with Gasteiger partial charge >= 0.3 is 12.1 Å². The number of aromatic nitrogens is 2. The van der Waals surface area contributed by atoms with Gasteiger partial charge in [-0.3, -0.25) is 5.10 Å². The van der Waals surface area contributed by atoms with Gasteiger partial charge in [0.05, 0.1) is 23.9 Å². The van der Waals surface area contributed by atoms with Crippen molar-refractivity contribution in [3.8, 4) is 11.1 Å². The Bertz CT molecular complexity index is 1390. The van der Waals surface area contributed by atoms with E-state index in [1.165, 1.54) is 13.2 Å². The average Bonchev–Trinajstić information content (AvgIpc) is 3.48. The smallest absolute Gasteiger partial charge is 0.407 e. The third-order valence-corrected chi connectivity index (χ3v) is 6.47. The zero-order valence-electron chi connectivity index (χ0n) is 19.5. The average molecular weight is 488 g/mol. The number of hydrogen-bond donors (Lipinski definition) is 4. The second-order valence-corrected chi connectivity index (χ2v) is 8.58. The Balaban J connectivity index is 1.19. The number of amides is 1. The number of esters is 1. The highest BCUT2D eigenvalue weighted by atomic mass is 16.5. The number of ether oxygens (including phenoxy) is 2. The molecule has 4 N–H and O–H groups in total. The van der Waals surface area contributed by atoms with Crippen LogP contribution in [0.25, 0.3) is 22.0 Å². The summed E-state index contributed by atoms with van der Waals surface area (Å²) in [4.78, 5) is 24.1. The number of carbonyl (C=O) groups excluding carboxylic acids is 2. The maximum Gasteiger partial charge on any atom is 0.407 e. The lowest BCUT2D eigenvalue weighted by Gasteiger charge is -2.18. The monoisotopic (exact) mass is 487 g/mol. The predicted octanol–water partition coefficient (Wildman–Crippen LogP) is 3.28.